The van der Waals surface area contributed by atoms with Crippen molar-refractivity contribution in [2.24, 2.45) is 5.92 Å². The van der Waals surface area contributed by atoms with Gasteiger partial charge in [0.15, 0.2) is 5.82 Å². The molecule has 1 aromatic carbocycles. The van der Waals surface area contributed by atoms with Crippen molar-refractivity contribution < 1.29 is 14.0 Å². The molecule has 0 radical (unpaired) electrons. The molecule has 0 aliphatic carbocycles. The normalized spacial score (nSPS) is 13.8. The molecule has 8 nitrogen and oxygen atoms in total. The number of aromatic nitrogens is 3. The zero-order valence-electron chi connectivity index (χ0n) is 23.8. The molecule has 2 aromatic heterocycles. The van der Waals surface area contributed by atoms with Crippen LogP contribution in [-0.2, 0) is 4.74 Å². The quantitative estimate of drug-likeness (QED) is 0.291. The van der Waals surface area contributed by atoms with Gasteiger partial charge in [0, 0.05) is 30.4 Å². The van der Waals surface area contributed by atoms with Crippen LogP contribution >= 0.6 is 11.6 Å². The van der Waals surface area contributed by atoms with Gasteiger partial charge in [0.25, 0.3) is 0 Å². The second-order valence-electron chi connectivity index (χ2n) is 10.3. The first-order chi connectivity index (χ1) is 18.2. The molecule has 1 aliphatic heterocycles. The third kappa shape index (κ3) is 8.16. The molecule has 0 saturated carbocycles. The molecular formula is C29H42ClN5O3. The first-order valence-electron chi connectivity index (χ1n) is 13.4. The second-order valence-corrected chi connectivity index (χ2v) is 10.7. The predicted octanol–water partition coefficient (Wildman–Crippen LogP) is 6.62. The fourth-order valence-corrected chi connectivity index (χ4v) is 4.28. The predicted molar refractivity (Wildman–Crippen MR) is 154 cm³/mol. The van der Waals surface area contributed by atoms with E-state index >= 15 is 0 Å². The van der Waals surface area contributed by atoms with E-state index in [0.717, 1.165) is 90.3 Å². The molecule has 208 valence electrons. The molecular weight excluding hydrogens is 502 g/mol. The van der Waals surface area contributed by atoms with Gasteiger partial charge in [-0.3, -0.25) is 0 Å². The Bertz CT molecular complexity index is 1150. The van der Waals surface area contributed by atoms with E-state index in [1.165, 1.54) is 0 Å². The van der Waals surface area contributed by atoms with Gasteiger partial charge in [-0.05, 0) is 77.7 Å². The van der Waals surface area contributed by atoms with Crippen LogP contribution in [0.25, 0.3) is 22.6 Å². The van der Waals surface area contributed by atoms with E-state index in [1.807, 2.05) is 46.0 Å². The molecule has 3 aromatic rings. The fourth-order valence-electron chi connectivity index (χ4n) is 4.08. The zero-order chi connectivity index (χ0) is 27.7. The van der Waals surface area contributed by atoms with Crippen molar-refractivity contribution in [2.75, 3.05) is 38.7 Å². The number of halogens is 1. The maximum absolute atomic E-state index is 6.62. The summed E-state index contributed by atoms with van der Waals surface area (Å²) in [4.78, 5) is 9.86. The summed E-state index contributed by atoms with van der Waals surface area (Å²) in [6.07, 6.45) is 2.76. The highest BCUT2D eigenvalue weighted by atomic mass is 35.5. The minimum absolute atomic E-state index is 0.282. The highest BCUT2D eigenvalue weighted by Gasteiger charge is 2.23. The van der Waals surface area contributed by atoms with E-state index in [9.17, 15) is 0 Å². The topological polar surface area (TPSA) is 94.3 Å². The van der Waals surface area contributed by atoms with Gasteiger partial charge in [-0.25, -0.2) is 9.97 Å². The monoisotopic (exact) mass is 543 g/mol. The standard InChI is InChI=1S/C25H32ClN5O3.C4H10/c1-15-23(22-16(2)31-34-17(22)3)29-25(30-24(15)28-18-8-12-32-13-9-18)20-14-19(6-7-21(20)26)33-11-5-10-27-4;1-4(2)3/h6-7,14,18,27H,5,8-13H2,1-4H3,(H,28,29,30);4H,1-3H3. The van der Waals surface area contributed by atoms with Crippen molar-refractivity contribution in [2.45, 2.75) is 66.8 Å². The largest absolute Gasteiger partial charge is 0.494 e. The van der Waals surface area contributed by atoms with Gasteiger partial charge < -0.3 is 24.6 Å². The number of anilines is 1. The third-order valence-electron chi connectivity index (χ3n) is 6.00. The number of hydrogen-bond acceptors (Lipinski definition) is 8. The van der Waals surface area contributed by atoms with Crippen molar-refractivity contribution in [3.63, 3.8) is 0 Å². The molecule has 38 heavy (non-hydrogen) atoms. The van der Waals surface area contributed by atoms with E-state index in [-0.39, 0.29) is 6.04 Å². The first-order valence-corrected chi connectivity index (χ1v) is 13.8. The Hall–Kier alpha value is -2.68. The minimum Gasteiger partial charge on any atom is -0.494 e. The van der Waals surface area contributed by atoms with E-state index in [2.05, 4.69) is 36.6 Å². The third-order valence-corrected chi connectivity index (χ3v) is 6.33. The van der Waals surface area contributed by atoms with Crippen LogP contribution in [0.3, 0.4) is 0 Å². The molecule has 0 amide bonds. The Morgan fingerprint density at radius 2 is 1.82 bits per heavy atom. The molecule has 0 spiro atoms. The van der Waals surface area contributed by atoms with Gasteiger partial charge in [-0.1, -0.05) is 37.5 Å². The maximum atomic E-state index is 6.62. The Morgan fingerprint density at radius 1 is 1.11 bits per heavy atom. The molecule has 1 saturated heterocycles. The smallest absolute Gasteiger partial charge is 0.163 e. The number of benzene rings is 1. The van der Waals surface area contributed by atoms with Crippen molar-refractivity contribution in [3.05, 3.63) is 40.2 Å². The fraction of sp³-hybridized carbons (Fsp3) is 0.552. The van der Waals surface area contributed by atoms with Crippen molar-refractivity contribution in [1.82, 2.24) is 20.4 Å². The Labute approximate surface area is 231 Å². The lowest BCUT2D eigenvalue weighted by molar-refractivity contribution is 0.0904. The molecule has 4 rings (SSSR count). The summed E-state index contributed by atoms with van der Waals surface area (Å²) in [6, 6.07) is 5.89. The maximum Gasteiger partial charge on any atom is 0.163 e. The number of ether oxygens (including phenoxy) is 2. The van der Waals surface area contributed by atoms with Gasteiger partial charge in [0.1, 0.15) is 17.3 Å². The number of hydrogen-bond donors (Lipinski definition) is 2. The van der Waals surface area contributed by atoms with Crippen LogP contribution < -0.4 is 15.4 Å². The number of nitrogens with one attached hydrogen (secondary N) is 2. The first kappa shape index (κ1) is 29.9. The second kappa shape index (κ2) is 14.5. The summed E-state index contributed by atoms with van der Waals surface area (Å²) < 4.78 is 16.9. The average molecular weight is 544 g/mol. The number of rotatable bonds is 9. The van der Waals surface area contributed by atoms with Gasteiger partial charge in [0.2, 0.25) is 0 Å². The van der Waals surface area contributed by atoms with E-state index in [4.69, 9.17) is 35.6 Å². The van der Waals surface area contributed by atoms with E-state index in [0.29, 0.717) is 17.5 Å². The van der Waals surface area contributed by atoms with Crippen LogP contribution in [0.1, 0.15) is 57.1 Å². The molecule has 0 bridgehead atoms. The van der Waals surface area contributed by atoms with Crippen LogP contribution in [0.2, 0.25) is 5.02 Å². The van der Waals surface area contributed by atoms with E-state index < -0.39 is 0 Å². The lowest BCUT2D eigenvalue weighted by Gasteiger charge is -2.25. The van der Waals surface area contributed by atoms with Gasteiger partial charge in [-0.2, -0.15) is 0 Å². The van der Waals surface area contributed by atoms with E-state index in [1.54, 1.807) is 0 Å². The number of nitrogens with zero attached hydrogens (tertiary/aromatic N) is 3. The summed E-state index contributed by atoms with van der Waals surface area (Å²) in [5.74, 6) is 3.59. The zero-order valence-corrected chi connectivity index (χ0v) is 24.5. The summed E-state index contributed by atoms with van der Waals surface area (Å²) in [6.45, 7) is 15.3. The molecule has 0 unspecified atom stereocenters. The minimum atomic E-state index is 0.282. The Kier molecular flexibility index (Phi) is 11.4. The lowest BCUT2D eigenvalue weighted by Crippen LogP contribution is -2.28. The van der Waals surface area contributed by atoms with Crippen LogP contribution in [0.5, 0.6) is 5.75 Å². The Balaban J connectivity index is 0.000000934. The number of aryl methyl sites for hydroxylation is 2. The molecule has 3 heterocycles. The average Bonchev–Trinajstić information content (AvgIpc) is 3.22. The lowest BCUT2D eigenvalue weighted by atomic mass is 10.0. The van der Waals surface area contributed by atoms with Crippen molar-refractivity contribution in [1.29, 1.82) is 0 Å². The SMILES string of the molecule is CC(C)C.CNCCCOc1ccc(Cl)c(-c2nc(NC3CCOCC3)c(C)c(-c3c(C)noc3C)n2)c1. The Morgan fingerprint density at radius 3 is 2.45 bits per heavy atom. The highest BCUT2D eigenvalue weighted by Crippen LogP contribution is 2.36. The molecule has 0 atom stereocenters. The van der Waals surface area contributed by atoms with Gasteiger partial charge >= 0.3 is 0 Å². The van der Waals surface area contributed by atoms with Crippen molar-refractivity contribution >= 4 is 17.4 Å². The van der Waals surface area contributed by atoms with Gasteiger partial charge in [-0.15, -0.1) is 0 Å². The summed E-state index contributed by atoms with van der Waals surface area (Å²) >= 11 is 6.62. The summed E-state index contributed by atoms with van der Waals surface area (Å²) in [5, 5.41) is 11.4. The highest BCUT2D eigenvalue weighted by molar-refractivity contribution is 6.33. The molecule has 2 N–H and O–H groups in total. The van der Waals surface area contributed by atoms with Crippen LogP contribution in [0.4, 0.5) is 5.82 Å². The molecule has 1 fully saturated rings. The molecule has 9 heteroatoms. The summed E-state index contributed by atoms with van der Waals surface area (Å²) in [5.41, 5.74) is 4.12. The van der Waals surface area contributed by atoms with Crippen LogP contribution in [-0.4, -0.2) is 54.6 Å². The van der Waals surface area contributed by atoms with Gasteiger partial charge in [0.05, 0.1) is 28.6 Å². The summed E-state index contributed by atoms with van der Waals surface area (Å²) in [7, 11) is 1.93. The molecule has 1 aliphatic rings. The van der Waals surface area contributed by atoms with Crippen molar-refractivity contribution in [3.8, 4) is 28.4 Å². The van der Waals surface area contributed by atoms with Crippen LogP contribution in [0.15, 0.2) is 22.7 Å². The van der Waals surface area contributed by atoms with Crippen LogP contribution in [0, 0.1) is 26.7 Å².